The molecule has 0 amide bonds. The third-order valence-electron chi connectivity index (χ3n) is 2.04. The molecule has 0 fully saturated rings. The molecule has 0 aliphatic heterocycles. The maximum absolute atomic E-state index is 12.6. The van der Waals surface area contributed by atoms with Crippen LogP contribution < -0.4 is 5.73 Å². The van der Waals surface area contributed by atoms with Crippen LogP contribution in [0.2, 0.25) is 5.02 Å². The van der Waals surface area contributed by atoms with Crippen LogP contribution in [0.1, 0.15) is 25.5 Å². The highest BCUT2D eigenvalue weighted by Gasteiger charge is 2.40. The Bertz CT molecular complexity index is 393. The molecular weight excluding hydrogens is 271 g/mol. The first kappa shape index (κ1) is 14.7. The second kappa shape index (κ2) is 5.50. The molecule has 1 rings (SSSR count). The quantitative estimate of drug-likeness (QED) is 0.832. The van der Waals surface area contributed by atoms with E-state index in [-0.39, 0.29) is 15.8 Å². The molecule has 1 nitrogen and oxygen atoms in total. The van der Waals surface area contributed by atoms with Crippen molar-refractivity contribution in [2.24, 2.45) is 5.73 Å². The summed E-state index contributed by atoms with van der Waals surface area (Å²) in [7, 11) is 0. The van der Waals surface area contributed by atoms with Crippen LogP contribution in [0.3, 0.4) is 0 Å². The molecule has 1 atom stereocenters. The number of alkyl halides is 3. The largest absolute Gasteiger partial charge is 0.407 e. The van der Waals surface area contributed by atoms with E-state index in [0.29, 0.717) is 4.90 Å². The molecule has 0 spiro atoms. The summed E-state index contributed by atoms with van der Waals surface area (Å²) >= 11 is 7.14. The summed E-state index contributed by atoms with van der Waals surface area (Å²) in [4.78, 5) is 0.484. The number of halogens is 4. The summed E-state index contributed by atoms with van der Waals surface area (Å²) in [5, 5.41) is 0.216. The Labute approximate surface area is 108 Å². The van der Waals surface area contributed by atoms with Crippen LogP contribution in [0.25, 0.3) is 0 Å². The molecule has 0 bridgehead atoms. The predicted octanol–water partition coefficient (Wildman–Crippen LogP) is 4.40. The molecule has 2 N–H and O–H groups in total. The highest BCUT2D eigenvalue weighted by atomic mass is 35.5. The number of benzene rings is 1. The van der Waals surface area contributed by atoms with Crippen molar-refractivity contribution in [3.05, 3.63) is 28.8 Å². The highest BCUT2D eigenvalue weighted by Crippen LogP contribution is 2.40. The van der Waals surface area contributed by atoms with Gasteiger partial charge in [0.2, 0.25) is 0 Å². The van der Waals surface area contributed by atoms with Gasteiger partial charge in [0.05, 0.1) is 0 Å². The molecule has 0 saturated heterocycles. The Morgan fingerprint density at radius 2 is 1.88 bits per heavy atom. The Morgan fingerprint density at radius 1 is 1.29 bits per heavy atom. The van der Waals surface area contributed by atoms with Gasteiger partial charge in [-0.05, 0) is 12.1 Å². The van der Waals surface area contributed by atoms with E-state index in [1.165, 1.54) is 17.8 Å². The van der Waals surface area contributed by atoms with Crippen LogP contribution in [-0.4, -0.2) is 11.4 Å². The summed E-state index contributed by atoms with van der Waals surface area (Å²) in [5.41, 5.74) is 5.19. The lowest BCUT2D eigenvalue weighted by atomic mass is 10.1. The van der Waals surface area contributed by atoms with Crippen LogP contribution in [0, 0.1) is 0 Å². The van der Waals surface area contributed by atoms with Gasteiger partial charge in [0, 0.05) is 20.7 Å². The highest BCUT2D eigenvalue weighted by molar-refractivity contribution is 8.00. The van der Waals surface area contributed by atoms with E-state index in [9.17, 15) is 13.2 Å². The minimum Gasteiger partial charge on any atom is -0.316 e. The van der Waals surface area contributed by atoms with Crippen molar-refractivity contribution in [1.29, 1.82) is 0 Å². The topological polar surface area (TPSA) is 26.0 Å². The minimum atomic E-state index is -4.49. The van der Waals surface area contributed by atoms with Crippen molar-refractivity contribution in [2.45, 2.75) is 36.2 Å². The molecule has 96 valence electrons. The summed E-state index contributed by atoms with van der Waals surface area (Å²) in [5.74, 6) is 0. The van der Waals surface area contributed by atoms with Gasteiger partial charge in [0.15, 0.2) is 0 Å². The van der Waals surface area contributed by atoms with E-state index in [1.807, 2.05) is 13.8 Å². The summed E-state index contributed by atoms with van der Waals surface area (Å²) in [6.45, 7) is 3.79. The van der Waals surface area contributed by atoms with E-state index in [2.05, 4.69) is 0 Å². The van der Waals surface area contributed by atoms with Gasteiger partial charge in [0.1, 0.15) is 6.04 Å². The molecule has 6 heteroatoms. The predicted molar refractivity (Wildman–Crippen MR) is 65.4 cm³/mol. The smallest absolute Gasteiger partial charge is 0.316 e. The van der Waals surface area contributed by atoms with Crippen molar-refractivity contribution >= 4 is 23.4 Å². The van der Waals surface area contributed by atoms with Gasteiger partial charge < -0.3 is 5.73 Å². The first-order valence-corrected chi connectivity index (χ1v) is 6.26. The zero-order chi connectivity index (χ0) is 13.2. The van der Waals surface area contributed by atoms with Crippen molar-refractivity contribution in [2.75, 3.05) is 0 Å². The van der Waals surface area contributed by atoms with E-state index < -0.39 is 12.2 Å². The summed E-state index contributed by atoms with van der Waals surface area (Å²) < 4.78 is 37.9. The zero-order valence-corrected chi connectivity index (χ0v) is 11.0. The molecule has 1 unspecified atom stereocenters. The Kier molecular flexibility index (Phi) is 4.75. The van der Waals surface area contributed by atoms with Crippen LogP contribution in [-0.2, 0) is 0 Å². The first-order valence-electron chi connectivity index (χ1n) is 5.01. The average molecular weight is 284 g/mol. The molecule has 0 aromatic heterocycles. The fourth-order valence-corrected chi connectivity index (χ4v) is 2.72. The Morgan fingerprint density at radius 3 is 2.35 bits per heavy atom. The second-order valence-electron chi connectivity index (χ2n) is 3.84. The van der Waals surface area contributed by atoms with Crippen molar-refractivity contribution < 1.29 is 13.2 Å². The van der Waals surface area contributed by atoms with E-state index in [4.69, 9.17) is 17.3 Å². The fraction of sp³-hybridized carbons (Fsp3) is 0.455. The van der Waals surface area contributed by atoms with E-state index in [0.717, 1.165) is 0 Å². The minimum absolute atomic E-state index is 0.0413. The molecule has 0 aliphatic rings. The number of hydrogen-bond donors (Lipinski definition) is 1. The maximum atomic E-state index is 12.6. The zero-order valence-electron chi connectivity index (χ0n) is 9.38. The standard InChI is InChI=1S/C11H13ClF3NS/c1-6(2)17-8-5-3-4-7(12)9(8)10(16)11(13,14)15/h3-6,10H,16H2,1-2H3. The second-order valence-corrected chi connectivity index (χ2v) is 5.86. The molecular formula is C11H13ClF3NS. The third-order valence-corrected chi connectivity index (χ3v) is 3.45. The van der Waals surface area contributed by atoms with Crippen LogP contribution >= 0.6 is 23.4 Å². The molecule has 0 saturated carbocycles. The Hall–Kier alpha value is -0.390. The van der Waals surface area contributed by atoms with Crippen LogP contribution in [0.15, 0.2) is 23.1 Å². The molecule has 1 aromatic rings. The van der Waals surface area contributed by atoms with Crippen molar-refractivity contribution in [3.63, 3.8) is 0 Å². The van der Waals surface area contributed by atoms with Gasteiger partial charge in [-0.1, -0.05) is 31.5 Å². The van der Waals surface area contributed by atoms with E-state index >= 15 is 0 Å². The maximum Gasteiger partial charge on any atom is 0.407 e. The SMILES string of the molecule is CC(C)Sc1cccc(Cl)c1C(N)C(F)(F)F. The lowest BCUT2D eigenvalue weighted by Gasteiger charge is -2.21. The van der Waals surface area contributed by atoms with Crippen LogP contribution in [0.4, 0.5) is 13.2 Å². The van der Waals surface area contributed by atoms with Gasteiger partial charge in [-0.3, -0.25) is 0 Å². The molecule has 0 radical (unpaired) electrons. The monoisotopic (exact) mass is 283 g/mol. The molecule has 17 heavy (non-hydrogen) atoms. The summed E-state index contributed by atoms with van der Waals surface area (Å²) in [6.07, 6.45) is -4.49. The van der Waals surface area contributed by atoms with E-state index in [1.54, 1.807) is 12.1 Å². The van der Waals surface area contributed by atoms with Gasteiger partial charge in [-0.25, -0.2) is 0 Å². The Balaban J connectivity index is 3.20. The van der Waals surface area contributed by atoms with Crippen molar-refractivity contribution in [1.82, 2.24) is 0 Å². The van der Waals surface area contributed by atoms with Gasteiger partial charge in [-0.15, -0.1) is 11.8 Å². The molecule has 0 aliphatic carbocycles. The third kappa shape index (κ3) is 3.79. The van der Waals surface area contributed by atoms with Gasteiger partial charge >= 0.3 is 6.18 Å². The number of rotatable bonds is 3. The molecule has 0 heterocycles. The normalized spacial score (nSPS) is 14.1. The van der Waals surface area contributed by atoms with Gasteiger partial charge in [-0.2, -0.15) is 13.2 Å². The molecule has 1 aromatic carbocycles. The lowest BCUT2D eigenvalue weighted by molar-refractivity contribution is -0.149. The average Bonchev–Trinajstić information content (AvgIpc) is 2.14. The first-order chi connectivity index (χ1) is 7.73. The van der Waals surface area contributed by atoms with Crippen molar-refractivity contribution in [3.8, 4) is 0 Å². The number of hydrogen-bond acceptors (Lipinski definition) is 2. The number of thioether (sulfide) groups is 1. The summed E-state index contributed by atoms with van der Waals surface area (Å²) in [6, 6.07) is 2.61. The van der Waals surface area contributed by atoms with Crippen LogP contribution in [0.5, 0.6) is 0 Å². The van der Waals surface area contributed by atoms with Gasteiger partial charge in [0.25, 0.3) is 0 Å². The lowest BCUT2D eigenvalue weighted by Crippen LogP contribution is -2.29. The fourth-order valence-electron chi connectivity index (χ4n) is 1.34. The number of nitrogens with two attached hydrogens (primary N) is 1.